The predicted molar refractivity (Wildman–Crippen MR) is 172 cm³/mol. The summed E-state index contributed by atoms with van der Waals surface area (Å²) in [4.78, 5) is 13.8. The van der Waals surface area contributed by atoms with Crippen molar-refractivity contribution in [3.63, 3.8) is 0 Å². The van der Waals surface area contributed by atoms with Gasteiger partial charge in [0.05, 0.1) is 11.1 Å². The van der Waals surface area contributed by atoms with E-state index in [0.29, 0.717) is 5.25 Å². The van der Waals surface area contributed by atoms with E-state index in [1.807, 2.05) is 38.1 Å². The highest BCUT2D eigenvalue weighted by molar-refractivity contribution is 7.99. The van der Waals surface area contributed by atoms with Crippen molar-refractivity contribution in [3.05, 3.63) is 112 Å². The molecule has 1 fully saturated rings. The Morgan fingerprint density at radius 1 is 1.00 bits per heavy atom. The standard InChI is InChI=1S/C33H36ClNOS.C2H4O2/c1-33(2,36)30-9-4-3-7-25(30)15-19-32(37-22-24-10-11-24)27-8-5-6-23(20-27)12-17-29-18-14-26-13-16-28(34)21-31(26)35-29;1-2(3)4/h3-9,13-14,16,18,20-21,24,32,36H,10-12,15,17,19,22H2,1-2H3;1H3,(H,3,4)/t32-;/m1./s1. The van der Waals surface area contributed by atoms with Crippen molar-refractivity contribution in [3.8, 4) is 0 Å². The van der Waals surface area contributed by atoms with Gasteiger partial charge in [0.2, 0.25) is 0 Å². The molecular formula is C35H40ClNO3S. The van der Waals surface area contributed by atoms with E-state index < -0.39 is 11.6 Å². The van der Waals surface area contributed by atoms with Crippen molar-refractivity contribution in [2.45, 2.75) is 70.1 Å². The van der Waals surface area contributed by atoms with E-state index >= 15 is 0 Å². The number of aliphatic hydroxyl groups is 1. The molecule has 4 aromatic rings. The summed E-state index contributed by atoms with van der Waals surface area (Å²) in [6, 6.07) is 27.7. The van der Waals surface area contributed by atoms with E-state index in [1.54, 1.807) is 0 Å². The highest BCUT2D eigenvalue weighted by Gasteiger charge is 2.25. The number of aromatic nitrogens is 1. The van der Waals surface area contributed by atoms with Crippen LogP contribution in [0.2, 0.25) is 5.02 Å². The van der Waals surface area contributed by atoms with Gasteiger partial charge >= 0.3 is 0 Å². The maximum Gasteiger partial charge on any atom is 0.300 e. The fraction of sp³-hybridized carbons (Fsp3) is 0.371. The Hall–Kier alpha value is -2.86. The second-order valence-corrected chi connectivity index (χ2v) is 13.1. The molecule has 5 rings (SSSR count). The molecule has 1 heterocycles. The molecule has 216 valence electrons. The van der Waals surface area contributed by atoms with Gasteiger partial charge in [-0.1, -0.05) is 72.3 Å². The highest BCUT2D eigenvalue weighted by Crippen LogP contribution is 2.41. The van der Waals surface area contributed by atoms with Crippen LogP contribution in [0, 0.1) is 5.92 Å². The molecule has 0 spiro atoms. The Morgan fingerprint density at radius 3 is 2.46 bits per heavy atom. The van der Waals surface area contributed by atoms with E-state index in [9.17, 15) is 5.11 Å². The average molecular weight is 590 g/mol. The van der Waals surface area contributed by atoms with Crippen LogP contribution < -0.4 is 0 Å². The third kappa shape index (κ3) is 9.88. The minimum atomic E-state index is -0.833. The summed E-state index contributed by atoms with van der Waals surface area (Å²) in [6.07, 6.45) is 6.67. The van der Waals surface area contributed by atoms with Gasteiger partial charge in [0.1, 0.15) is 0 Å². The van der Waals surface area contributed by atoms with Crippen LogP contribution in [-0.2, 0) is 29.7 Å². The summed E-state index contributed by atoms with van der Waals surface area (Å²) in [6.45, 7) is 4.85. The smallest absolute Gasteiger partial charge is 0.300 e. The predicted octanol–water partition coefficient (Wildman–Crippen LogP) is 8.81. The van der Waals surface area contributed by atoms with Crippen molar-refractivity contribution >= 4 is 40.2 Å². The molecule has 0 saturated heterocycles. The Balaban J connectivity index is 0.000000909. The van der Waals surface area contributed by atoms with Crippen LogP contribution in [0.1, 0.15) is 73.2 Å². The van der Waals surface area contributed by atoms with Crippen molar-refractivity contribution < 1.29 is 15.0 Å². The molecule has 6 heteroatoms. The first-order chi connectivity index (χ1) is 19.6. The van der Waals surface area contributed by atoms with Crippen LogP contribution in [0.25, 0.3) is 10.9 Å². The van der Waals surface area contributed by atoms with Crippen LogP contribution in [0.5, 0.6) is 0 Å². The number of hydrogen-bond acceptors (Lipinski definition) is 4. The lowest BCUT2D eigenvalue weighted by Crippen LogP contribution is -2.18. The van der Waals surface area contributed by atoms with E-state index in [0.717, 1.165) is 65.7 Å². The van der Waals surface area contributed by atoms with Crippen LogP contribution in [0.3, 0.4) is 0 Å². The quantitative estimate of drug-likeness (QED) is 0.183. The molecule has 1 aliphatic rings. The molecule has 1 aromatic heterocycles. The van der Waals surface area contributed by atoms with E-state index in [4.69, 9.17) is 26.5 Å². The molecule has 0 unspecified atom stereocenters. The molecule has 0 radical (unpaired) electrons. The van der Waals surface area contributed by atoms with Crippen LogP contribution in [0.15, 0.2) is 78.9 Å². The van der Waals surface area contributed by atoms with E-state index in [-0.39, 0.29) is 0 Å². The Kier molecular flexibility index (Phi) is 10.9. The summed E-state index contributed by atoms with van der Waals surface area (Å²) < 4.78 is 0. The molecule has 41 heavy (non-hydrogen) atoms. The maximum absolute atomic E-state index is 10.7. The molecule has 4 nitrogen and oxygen atoms in total. The fourth-order valence-electron chi connectivity index (χ4n) is 5.00. The minimum Gasteiger partial charge on any atom is -0.481 e. The second-order valence-electron chi connectivity index (χ2n) is 11.4. The van der Waals surface area contributed by atoms with Crippen LogP contribution in [0.4, 0.5) is 0 Å². The molecule has 1 aliphatic carbocycles. The molecule has 2 N–H and O–H groups in total. The van der Waals surface area contributed by atoms with E-state index in [2.05, 4.69) is 66.4 Å². The lowest BCUT2D eigenvalue weighted by atomic mass is 9.90. The molecular weight excluding hydrogens is 550 g/mol. The first-order valence-corrected chi connectivity index (χ1v) is 15.8. The Labute approximate surface area is 253 Å². The fourth-order valence-corrected chi connectivity index (χ4v) is 6.63. The Morgan fingerprint density at radius 2 is 1.73 bits per heavy atom. The Bertz CT molecular complexity index is 1460. The zero-order valence-electron chi connectivity index (χ0n) is 24.1. The lowest BCUT2D eigenvalue weighted by molar-refractivity contribution is -0.134. The third-order valence-electron chi connectivity index (χ3n) is 7.29. The summed E-state index contributed by atoms with van der Waals surface area (Å²) in [5.41, 5.74) is 6.31. The van der Waals surface area contributed by atoms with Crippen LogP contribution in [-0.4, -0.2) is 26.9 Å². The van der Waals surface area contributed by atoms with Crippen molar-refractivity contribution in [2.75, 3.05) is 5.75 Å². The number of benzene rings is 3. The number of hydrogen-bond donors (Lipinski definition) is 2. The number of thioether (sulfide) groups is 1. The topological polar surface area (TPSA) is 70.4 Å². The van der Waals surface area contributed by atoms with Crippen molar-refractivity contribution in [1.29, 1.82) is 0 Å². The zero-order valence-corrected chi connectivity index (χ0v) is 25.7. The number of rotatable bonds is 11. The van der Waals surface area contributed by atoms with Gasteiger partial charge in [-0.15, -0.1) is 0 Å². The summed E-state index contributed by atoms with van der Waals surface area (Å²) in [5, 5.41) is 20.4. The molecule has 3 aromatic carbocycles. The number of aryl methyl sites for hydroxylation is 3. The number of halogens is 1. The number of fused-ring (bicyclic) bond motifs is 1. The average Bonchev–Trinajstić information content (AvgIpc) is 3.76. The first kappa shape index (κ1) is 31.1. The monoisotopic (exact) mass is 589 g/mol. The minimum absolute atomic E-state index is 0.455. The zero-order chi connectivity index (χ0) is 29.4. The number of carboxylic acids is 1. The highest BCUT2D eigenvalue weighted by atomic mass is 35.5. The molecule has 0 amide bonds. The first-order valence-electron chi connectivity index (χ1n) is 14.3. The van der Waals surface area contributed by atoms with Gasteiger partial charge in [0.25, 0.3) is 5.97 Å². The normalized spacial score (nSPS) is 13.9. The molecule has 0 bridgehead atoms. The molecule has 1 atom stereocenters. The summed E-state index contributed by atoms with van der Waals surface area (Å²) >= 11 is 8.30. The molecule has 0 aliphatic heterocycles. The van der Waals surface area contributed by atoms with Gasteiger partial charge in [-0.2, -0.15) is 11.8 Å². The second kappa shape index (κ2) is 14.4. The van der Waals surface area contributed by atoms with Gasteiger partial charge in [0, 0.05) is 28.3 Å². The van der Waals surface area contributed by atoms with E-state index in [1.165, 1.54) is 35.3 Å². The van der Waals surface area contributed by atoms with Crippen molar-refractivity contribution in [2.24, 2.45) is 5.92 Å². The summed E-state index contributed by atoms with van der Waals surface area (Å²) in [7, 11) is 0. The lowest BCUT2D eigenvalue weighted by Gasteiger charge is -2.23. The van der Waals surface area contributed by atoms with Gasteiger partial charge in [0.15, 0.2) is 0 Å². The summed E-state index contributed by atoms with van der Waals surface area (Å²) in [5.74, 6) is 1.30. The number of carbonyl (C=O) groups is 1. The van der Waals surface area contributed by atoms with Crippen molar-refractivity contribution in [1.82, 2.24) is 4.98 Å². The number of carboxylic acid groups (broad SMARTS) is 1. The van der Waals surface area contributed by atoms with Gasteiger partial charge in [-0.05, 0) is 104 Å². The van der Waals surface area contributed by atoms with Gasteiger partial charge in [-0.25, -0.2) is 0 Å². The molecule has 1 saturated carbocycles. The maximum atomic E-state index is 10.7. The van der Waals surface area contributed by atoms with Gasteiger partial charge < -0.3 is 10.2 Å². The van der Waals surface area contributed by atoms with Crippen LogP contribution >= 0.6 is 23.4 Å². The SMILES string of the molecule is CC(=O)O.CC(C)(O)c1ccccc1CC[C@@H](SCC1CC1)c1cccc(CCc2ccc3ccc(Cl)cc3n2)c1. The van der Waals surface area contributed by atoms with Gasteiger partial charge in [-0.3, -0.25) is 9.78 Å². The number of nitrogens with zero attached hydrogens (tertiary/aromatic N) is 1. The number of aliphatic carboxylic acids is 1. The third-order valence-corrected chi connectivity index (χ3v) is 9.10. The largest absolute Gasteiger partial charge is 0.481 e. The number of pyridine rings is 1.